The van der Waals surface area contributed by atoms with Crippen LogP contribution in [-0.2, 0) is 5.75 Å². The molecule has 0 aliphatic heterocycles. The van der Waals surface area contributed by atoms with E-state index in [1.54, 1.807) is 29.6 Å². The molecular weight excluding hydrogens is 421 g/mol. The number of carbonyl (C=O) groups excluding carboxylic acids is 1. The molecule has 3 rings (SSSR count). The first-order chi connectivity index (χ1) is 11.1. The molecule has 2 aromatic heterocycles. The third-order valence-corrected chi connectivity index (χ3v) is 6.11. The molecular formula is C14H9BrFN3OS3. The predicted octanol–water partition coefficient (Wildman–Crippen LogP) is 5.05. The minimum Gasteiger partial charge on any atom is -0.296 e. The molecule has 23 heavy (non-hydrogen) atoms. The van der Waals surface area contributed by atoms with E-state index < -0.39 is 0 Å². The highest BCUT2D eigenvalue weighted by Gasteiger charge is 2.12. The summed E-state index contributed by atoms with van der Waals surface area (Å²) >= 11 is 7.26. The van der Waals surface area contributed by atoms with Crippen molar-refractivity contribution >= 4 is 61.4 Å². The van der Waals surface area contributed by atoms with Crippen LogP contribution in [0.2, 0.25) is 0 Å². The van der Waals surface area contributed by atoms with Crippen LogP contribution in [0.1, 0.15) is 15.9 Å². The predicted molar refractivity (Wildman–Crippen MR) is 95.8 cm³/mol. The van der Waals surface area contributed by atoms with Gasteiger partial charge in [0.15, 0.2) is 4.34 Å². The molecule has 1 N–H and O–H groups in total. The van der Waals surface area contributed by atoms with Gasteiger partial charge in [0.05, 0.1) is 10.0 Å². The van der Waals surface area contributed by atoms with Crippen molar-refractivity contribution in [2.24, 2.45) is 0 Å². The van der Waals surface area contributed by atoms with Gasteiger partial charge in [-0.05, 0) is 39.0 Å². The molecule has 0 unspecified atom stereocenters. The molecule has 0 aliphatic carbocycles. The second kappa shape index (κ2) is 7.52. The standard InChI is InChI=1S/C14H9BrFN3OS3/c15-10-3-1-2-8(11(10)16)7-22-14-19-18-13(23-14)17-12(20)9-4-5-21-6-9/h1-6H,7H2,(H,17,18,20). The van der Waals surface area contributed by atoms with Gasteiger partial charge in [-0.2, -0.15) is 11.3 Å². The summed E-state index contributed by atoms with van der Waals surface area (Å²) in [7, 11) is 0. The number of anilines is 1. The number of nitrogens with one attached hydrogen (secondary N) is 1. The van der Waals surface area contributed by atoms with Crippen LogP contribution in [0, 0.1) is 5.82 Å². The lowest BCUT2D eigenvalue weighted by Gasteiger charge is -2.02. The molecule has 3 aromatic rings. The maximum atomic E-state index is 13.9. The van der Waals surface area contributed by atoms with Crippen molar-refractivity contribution in [2.75, 3.05) is 5.32 Å². The fourth-order valence-corrected chi connectivity index (χ4v) is 4.45. The van der Waals surface area contributed by atoms with Gasteiger partial charge in [-0.3, -0.25) is 10.1 Å². The summed E-state index contributed by atoms with van der Waals surface area (Å²) in [6.07, 6.45) is 0. The zero-order valence-electron chi connectivity index (χ0n) is 11.5. The Hall–Kier alpha value is -1.29. The Labute approximate surface area is 152 Å². The number of aromatic nitrogens is 2. The summed E-state index contributed by atoms with van der Waals surface area (Å²) in [5.41, 5.74) is 1.18. The van der Waals surface area contributed by atoms with E-state index in [-0.39, 0.29) is 11.7 Å². The Morgan fingerprint density at radius 2 is 2.22 bits per heavy atom. The van der Waals surface area contributed by atoms with Gasteiger partial charge in [0.1, 0.15) is 5.82 Å². The van der Waals surface area contributed by atoms with E-state index in [1.165, 1.54) is 34.4 Å². The van der Waals surface area contributed by atoms with E-state index in [2.05, 4.69) is 31.4 Å². The molecule has 4 nitrogen and oxygen atoms in total. The van der Waals surface area contributed by atoms with E-state index in [4.69, 9.17) is 0 Å². The van der Waals surface area contributed by atoms with E-state index in [1.807, 2.05) is 5.38 Å². The monoisotopic (exact) mass is 429 g/mol. The zero-order chi connectivity index (χ0) is 16.2. The van der Waals surface area contributed by atoms with Gasteiger partial charge in [-0.25, -0.2) is 4.39 Å². The summed E-state index contributed by atoms with van der Waals surface area (Å²) in [6.45, 7) is 0. The van der Waals surface area contributed by atoms with Crippen molar-refractivity contribution < 1.29 is 9.18 Å². The van der Waals surface area contributed by atoms with Crippen LogP contribution in [0.15, 0.2) is 43.8 Å². The molecule has 0 spiro atoms. The topological polar surface area (TPSA) is 54.9 Å². The highest BCUT2D eigenvalue weighted by Crippen LogP contribution is 2.30. The van der Waals surface area contributed by atoms with Crippen LogP contribution >= 0.6 is 50.4 Å². The van der Waals surface area contributed by atoms with Crippen molar-refractivity contribution in [2.45, 2.75) is 10.1 Å². The van der Waals surface area contributed by atoms with Crippen LogP contribution in [-0.4, -0.2) is 16.1 Å². The first-order valence-corrected chi connectivity index (χ1v) is 9.90. The average molecular weight is 430 g/mol. The SMILES string of the molecule is O=C(Nc1nnc(SCc2cccc(Br)c2F)s1)c1ccsc1. The van der Waals surface area contributed by atoms with Crippen molar-refractivity contribution in [3.63, 3.8) is 0 Å². The Bertz CT molecular complexity index is 823. The van der Waals surface area contributed by atoms with Gasteiger partial charge >= 0.3 is 0 Å². The molecule has 0 atom stereocenters. The summed E-state index contributed by atoms with van der Waals surface area (Å²) in [5.74, 6) is -0.0363. The molecule has 0 saturated heterocycles. The first kappa shape index (κ1) is 16.6. The minimum absolute atomic E-state index is 0.211. The second-order valence-corrected chi connectivity index (χ2v) is 8.18. The number of halogens is 2. The summed E-state index contributed by atoms with van der Waals surface area (Å²) in [6, 6.07) is 6.92. The summed E-state index contributed by atoms with van der Waals surface area (Å²) in [5, 5.41) is 14.7. The maximum absolute atomic E-state index is 13.9. The molecule has 0 fully saturated rings. The van der Waals surface area contributed by atoms with Crippen molar-refractivity contribution in [1.82, 2.24) is 10.2 Å². The number of carbonyl (C=O) groups is 1. The number of amides is 1. The lowest BCUT2D eigenvalue weighted by molar-refractivity contribution is 0.102. The van der Waals surface area contributed by atoms with Gasteiger partial charge in [0.2, 0.25) is 5.13 Å². The van der Waals surface area contributed by atoms with E-state index in [0.717, 1.165) is 0 Å². The largest absolute Gasteiger partial charge is 0.296 e. The van der Waals surface area contributed by atoms with E-state index >= 15 is 0 Å². The van der Waals surface area contributed by atoms with Crippen LogP contribution in [0.5, 0.6) is 0 Å². The van der Waals surface area contributed by atoms with E-state index in [9.17, 15) is 9.18 Å². The lowest BCUT2D eigenvalue weighted by atomic mass is 10.2. The van der Waals surface area contributed by atoms with Crippen molar-refractivity contribution in [1.29, 1.82) is 0 Å². The van der Waals surface area contributed by atoms with Crippen LogP contribution in [0.25, 0.3) is 0 Å². The number of hydrogen-bond donors (Lipinski definition) is 1. The van der Waals surface area contributed by atoms with E-state index in [0.29, 0.717) is 30.8 Å². The zero-order valence-corrected chi connectivity index (χ0v) is 15.5. The van der Waals surface area contributed by atoms with Gasteiger partial charge in [-0.1, -0.05) is 35.2 Å². The highest BCUT2D eigenvalue weighted by atomic mass is 79.9. The summed E-state index contributed by atoms with van der Waals surface area (Å²) < 4.78 is 15.0. The molecule has 2 heterocycles. The third-order valence-electron chi connectivity index (χ3n) is 2.79. The van der Waals surface area contributed by atoms with Crippen LogP contribution < -0.4 is 5.32 Å². The first-order valence-electron chi connectivity index (χ1n) is 6.36. The number of nitrogens with zero attached hydrogens (tertiary/aromatic N) is 2. The summed E-state index contributed by atoms with van der Waals surface area (Å²) in [4.78, 5) is 11.9. The molecule has 0 bridgehead atoms. The average Bonchev–Trinajstić information content (AvgIpc) is 3.20. The number of thioether (sulfide) groups is 1. The molecule has 9 heteroatoms. The minimum atomic E-state index is -0.268. The normalized spacial score (nSPS) is 10.7. The Balaban J connectivity index is 1.61. The second-order valence-electron chi connectivity index (χ2n) is 4.34. The van der Waals surface area contributed by atoms with Gasteiger partial charge in [0, 0.05) is 11.1 Å². The Morgan fingerprint density at radius 3 is 3.00 bits per heavy atom. The van der Waals surface area contributed by atoms with Crippen molar-refractivity contribution in [3.05, 3.63) is 56.4 Å². The fraction of sp³-hybridized carbons (Fsp3) is 0.0714. The quantitative estimate of drug-likeness (QED) is 0.455. The van der Waals surface area contributed by atoms with Crippen LogP contribution in [0.4, 0.5) is 9.52 Å². The number of thiophene rings is 1. The molecule has 1 aromatic carbocycles. The van der Waals surface area contributed by atoms with Gasteiger partial charge in [0.25, 0.3) is 5.91 Å². The Morgan fingerprint density at radius 1 is 1.35 bits per heavy atom. The molecule has 0 radical (unpaired) electrons. The van der Waals surface area contributed by atoms with Gasteiger partial charge in [-0.15, -0.1) is 10.2 Å². The molecule has 1 amide bonds. The maximum Gasteiger partial charge on any atom is 0.258 e. The lowest BCUT2D eigenvalue weighted by Crippen LogP contribution is -2.10. The number of rotatable bonds is 5. The van der Waals surface area contributed by atoms with Crippen molar-refractivity contribution in [3.8, 4) is 0 Å². The fourth-order valence-electron chi connectivity index (χ4n) is 1.68. The highest BCUT2D eigenvalue weighted by molar-refractivity contribution is 9.10. The molecule has 0 aliphatic rings. The van der Waals surface area contributed by atoms with Gasteiger partial charge < -0.3 is 0 Å². The molecule has 118 valence electrons. The smallest absolute Gasteiger partial charge is 0.258 e. The Kier molecular flexibility index (Phi) is 5.42. The third kappa shape index (κ3) is 4.17. The number of hydrogen-bond acceptors (Lipinski definition) is 6. The number of benzene rings is 1. The molecule has 0 saturated carbocycles. The van der Waals surface area contributed by atoms with Crippen LogP contribution in [0.3, 0.4) is 0 Å².